The molecule has 4 heterocycles. The zero-order valence-electron chi connectivity index (χ0n) is 25.2. The van der Waals surface area contributed by atoms with Crippen molar-refractivity contribution in [3.63, 3.8) is 0 Å². The summed E-state index contributed by atoms with van der Waals surface area (Å²) in [6.45, 7) is -1.70. The van der Waals surface area contributed by atoms with E-state index in [1.54, 1.807) is 0 Å². The molecule has 46 heavy (non-hydrogen) atoms. The quantitative estimate of drug-likeness (QED) is 0.0639. The maximum Gasteiger partial charge on any atom is 0.187 e. The van der Waals surface area contributed by atoms with E-state index in [1.807, 2.05) is 0 Å². The van der Waals surface area contributed by atoms with Gasteiger partial charge in [0, 0.05) is 6.61 Å². The zero-order chi connectivity index (χ0) is 33.5. The molecule has 0 aromatic carbocycles. The minimum atomic E-state index is -1.73. The van der Waals surface area contributed by atoms with Crippen molar-refractivity contribution in [2.75, 3.05) is 39.6 Å². The molecule has 270 valence electrons. The Hall–Kier alpha value is -0.760. The number of hydrogen-bond acceptors (Lipinski definition) is 19. The van der Waals surface area contributed by atoms with Gasteiger partial charge in [-0.25, -0.2) is 0 Å². The van der Waals surface area contributed by atoms with Crippen molar-refractivity contribution in [1.29, 1.82) is 0 Å². The summed E-state index contributed by atoms with van der Waals surface area (Å²) in [4.78, 5) is 0. The summed E-state index contributed by atoms with van der Waals surface area (Å²) in [5.74, 6) is 0. The van der Waals surface area contributed by atoms with E-state index in [1.165, 1.54) is 0 Å². The molecule has 4 rings (SSSR count). The molecule has 19 nitrogen and oxygen atoms in total. The van der Waals surface area contributed by atoms with E-state index in [0.717, 1.165) is 19.3 Å². The SMILES string of the molecule is NCCCCCCOC1O[C@H](CO[C@H]2O[C@H](CO)[C@@H](O)[C@H](O)[C@@H]2O)[C@@H](O[C@H]2O[C@H](CO)[C@@H](O)[C@@H]2O)[C@@H]1O[C@H]1O[C@H](CO)[C@@H](O)[C@@H]1O. The maximum atomic E-state index is 10.6. The van der Waals surface area contributed by atoms with Crippen LogP contribution in [0, 0.1) is 0 Å². The second kappa shape index (κ2) is 17.8. The van der Waals surface area contributed by atoms with Gasteiger partial charge in [0.15, 0.2) is 25.2 Å². The third-order valence-electron chi connectivity index (χ3n) is 8.50. The Morgan fingerprint density at radius 3 is 1.46 bits per heavy atom. The smallest absolute Gasteiger partial charge is 0.187 e. The average molecular weight is 676 g/mol. The Morgan fingerprint density at radius 2 is 0.913 bits per heavy atom. The standard InChI is InChI=1S/C27H49NO18/c28-5-3-1-2-4-6-39-27-23(46-26-20(37)17(34)13(9-31)43-26)22(45-25-19(36)16(33)12(8-30)42-25)14(44-27)10-40-24-21(38)18(35)15(32)11(7-29)41-24/h11-27,29-38H,1-10,28H2/t11-,12-,13-,14-,15-,16-,17-,18+,19+,20+,21+,22-,23+,24+,25-,26-,27?/m1/s1. The molecule has 17 atom stereocenters. The summed E-state index contributed by atoms with van der Waals surface area (Å²) >= 11 is 0. The maximum absolute atomic E-state index is 10.6. The second-order valence-electron chi connectivity index (χ2n) is 11.8. The van der Waals surface area contributed by atoms with Gasteiger partial charge in [-0.3, -0.25) is 0 Å². The molecule has 1 unspecified atom stereocenters. The normalized spacial score (nSPS) is 46.4. The van der Waals surface area contributed by atoms with Gasteiger partial charge in [0.2, 0.25) is 0 Å². The Kier molecular flexibility index (Phi) is 14.7. The monoisotopic (exact) mass is 675 g/mol. The molecular weight excluding hydrogens is 626 g/mol. The van der Waals surface area contributed by atoms with Crippen LogP contribution in [0.2, 0.25) is 0 Å². The molecule has 0 amide bonds. The summed E-state index contributed by atoms with van der Waals surface area (Å²) in [5, 5.41) is 101. The highest BCUT2D eigenvalue weighted by atomic mass is 16.8. The van der Waals surface area contributed by atoms with Crippen LogP contribution in [0.1, 0.15) is 25.7 Å². The van der Waals surface area contributed by atoms with Gasteiger partial charge in [-0.1, -0.05) is 12.8 Å². The van der Waals surface area contributed by atoms with Gasteiger partial charge in [-0.05, 0) is 19.4 Å². The predicted octanol–water partition coefficient (Wildman–Crippen LogP) is -6.29. The van der Waals surface area contributed by atoms with Crippen molar-refractivity contribution in [2.24, 2.45) is 5.73 Å². The summed E-state index contributed by atoms with van der Waals surface area (Å²) in [6, 6.07) is 0. The van der Waals surface area contributed by atoms with E-state index in [2.05, 4.69) is 0 Å². The van der Waals surface area contributed by atoms with Crippen LogP contribution < -0.4 is 5.73 Å². The molecule has 0 saturated carbocycles. The molecule has 4 fully saturated rings. The van der Waals surface area contributed by atoms with Crippen LogP contribution in [0.25, 0.3) is 0 Å². The fraction of sp³-hybridized carbons (Fsp3) is 1.00. The van der Waals surface area contributed by atoms with Gasteiger partial charge >= 0.3 is 0 Å². The lowest BCUT2D eigenvalue weighted by atomic mass is 9.99. The highest BCUT2D eigenvalue weighted by Gasteiger charge is 2.55. The van der Waals surface area contributed by atoms with Crippen LogP contribution in [0.15, 0.2) is 0 Å². The molecule has 0 spiro atoms. The van der Waals surface area contributed by atoms with Crippen molar-refractivity contribution in [2.45, 2.75) is 130 Å². The number of nitrogens with two attached hydrogens (primary N) is 1. The summed E-state index contributed by atoms with van der Waals surface area (Å²) in [6.07, 6.45) is -21.4. The lowest BCUT2D eigenvalue weighted by Gasteiger charge is -2.40. The summed E-state index contributed by atoms with van der Waals surface area (Å²) < 4.78 is 46.2. The number of unbranched alkanes of at least 4 members (excludes halogenated alkanes) is 3. The third-order valence-corrected chi connectivity index (χ3v) is 8.50. The molecule has 0 aliphatic carbocycles. The van der Waals surface area contributed by atoms with Crippen LogP contribution in [0.4, 0.5) is 0 Å². The molecule has 12 N–H and O–H groups in total. The highest BCUT2D eigenvalue weighted by Crippen LogP contribution is 2.36. The largest absolute Gasteiger partial charge is 0.394 e. The molecular formula is C27H49NO18. The zero-order valence-corrected chi connectivity index (χ0v) is 25.2. The van der Waals surface area contributed by atoms with Crippen LogP contribution in [-0.4, -0.2) is 195 Å². The van der Waals surface area contributed by atoms with Crippen LogP contribution in [0.3, 0.4) is 0 Å². The van der Waals surface area contributed by atoms with Crippen molar-refractivity contribution >= 4 is 0 Å². The van der Waals surface area contributed by atoms with Crippen molar-refractivity contribution in [3.8, 4) is 0 Å². The Bertz CT molecular complexity index is 892. The van der Waals surface area contributed by atoms with Crippen molar-refractivity contribution in [3.05, 3.63) is 0 Å². The topological polar surface area (TPSA) is 302 Å². The molecule has 0 radical (unpaired) electrons. The van der Waals surface area contributed by atoms with E-state index in [4.69, 9.17) is 43.6 Å². The first-order chi connectivity index (χ1) is 22.1. The van der Waals surface area contributed by atoms with Crippen LogP contribution in [-0.2, 0) is 37.9 Å². The van der Waals surface area contributed by atoms with Gasteiger partial charge in [0.05, 0.1) is 26.4 Å². The number of rotatable bonds is 17. The minimum absolute atomic E-state index is 0.173. The van der Waals surface area contributed by atoms with E-state index >= 15 is 0 Å². The molecule has 4 saturated heterocycles. The van der Waals surface area contributed by atoms with Crippen LogP contribution in [0.5, 0.6) is 0 Å². The first kappa shape index (κ1) is 38.0. The Labute approximate surface area is 264 Å². The van der Waals surface area contributed by atoms with E-state index in [0.29, 0.717) is 13.0 Å². The Morgan fingerprint density at radius 1 is 0.457 bits per heavy atom. The number of aliphatic hydroxyl groups excluding tert-OH is 10. The van der Waals surface area contributed by atoms with Gasteiger partial charge in [0.25, 0.3) is 0 Å². The van der Waals surface area contributed by atoms with Crippen molar-refractivity contribution in [1.82, 2.24) is 0 Å². The molecule has 4 aliphatic heterocycles. The average Bonchev–Trinajstić information content (AvgIpc) is 3.63. The molecule has 0 aromatic heterocycles. The first-order valence-corrected chi connectivity index (χ1v) is 15.5. The lowest BCUT2D eigenvalue weighted by Crippen LogP contribution is -2.59. The molecule has 0 bridgehead atoms. The fourth-order valence-corrected chi connectivity index (χ4v) is 5.73. The van der Waals surface area contributed by atoms with Gasteiger partial charge in [-0.15, -0.1) is 0 Å². The first-order valence-electron chi connectivity index (χ1n) is 15.5. The number of aliphatic hydroxyl groups is 10. The van der Waals surface area contributed by atoms with Gasteiger partial charge in [0.1, 0.15) is 79.4 Å². The second-order valence-corrected chi connectivity index (χ2v) is 11.8. The highest BCUT2D eigenvalue weighted by molar-refractivity contribution is 4.96. The Balaban J connectivity index is 1.55. The third kappa shape index (κ3) is 8.69. The summed E-state index contributed by atoms with van der Waals surface area (Å²) in [7, 11) is 0. The van der Waals surface area contributed by atoms with Crippen molar-refractivity contribution < 1.29 is 89.0 Å². The number of hydrogen-bond donors (Lipinski definition) is 11. The molecule has 4 aliphatic rings. The number of ether oxygens (including phenoxy) is 8. The van der Waals surface area contributed by atoms with E-state index in [9.17, 15) is 51.1 Å². The predicted molar refractivity (Wildman–Crippen MR) is 147 cm³/mol. The van der Waals surface area contributed by atoms with Crippen LogP contribution >= 0.6 is 0 Å². The summed E-state index contributed by atoms with van der Waals surface area (Å²) in [5.41, 5.74) is 5.55. The van der Waals surface area contributed by atoms with Gasteiger partial charge in [-0.2, -0.15) is 0 Å². The van der Waals surface area contributed by atoms with E-state index in [-0.39, 0.29) is 6.61 Å². The minimum Gasteiger partial charge on any atom is -0.394 e. The van der Waals surface area contributed by atoms with Gasteiger partial charge < -0.3 is 94.7 Å². The molecule has 19 heteroatoms. The fourth-order valence-electron chi connectivity index (χ4n) is 5.73. The van der Waals surface area contributed by atoms with E-state index < -0.39 is 131 Å². The molecule has 0 aromatic rings. The lowest BCUT2D eigenvalue weighted by molar-refractivity contribution is -0.308.